The van der Waals surface area contributed by atoms with Gasteiger partial charge in [-0.05, 0) is 19.1 Å². The van der Waals surface area contributed by atoms with Gasteiger partial charge in [-0.25, -0.2) is 9.97 Å². The van der Waals surface area contributed by atoms with Crippen molar-refractivity contribution >= 4 is 0 Å². The first-order chi connectivity index (χ1) is 10.3. The van der Waals surface area contributed by atoms with Crippen LogP contribution >= 0.6 is 0 Å². The molecule has 3 aromatic rings. The predicted molar refractivity (Wildman–Crippen MR) is 73.2 cm³/mol. The summed E-state index contributed by atoms with van der Waals surface area (Å²) in [4.78, 5) is 12.3. The minimum Gasteiger partial charge on any atom is -0.496 e. The molecule has 3 rings (SSSR count). The van der Waals surface area contributed by atoms with Crippen molar-refractivity contribution in [1.82, 2.24) is 35.3 Å². The van der Waals surface area contributed by atoms with E-state index in [-0.39, 0.29) is 5.82 Å². The van der Waals surface area contributed by atoms with E-state index in [1.807, 2.05) is 6.92 Å². The molecule has 3 aromatic heterocycles. The van der Waals surface area contributed by atoms with Crippen molar-refractivity contribution in [3.8, 4) is 28.9 Å². The molecule has 0 bridgehead atoms. The van der Waals surface area contributed by atoms with Gasteiger partial charge in [0.25, 0.3) is 0 Å². The van der Waals surface area contributed by atoms with Crippen molar-refractivity contribution in [3.05, 3.63) is 36.3 Å². The number of aromatic nitrogens is 7. The Bertz CT molecular complexity index is 746. The second-order valence-corrected chi connectivity index (χ2v) is 4.11. The molecule has 104 valence electrons. The number of nitrogens with zero attached hydrogens (tertiary/aromatic N) is 7. The van der Waals surface area contributed by atoms with Crippen LogP contribution in [0.15, 0.2) is 30.7 Å². The fraction of sp³-hybridized carbons (Fsp3) is 0.154. The van der Waals surface area contributed by atoms with Crippen LogP contribution in [0, 0.1) is 6.92 Å². The summed E-state index contributed by atoms with van der Waals surface area (Å²) in [7, 11) is 1.60. The molecule has 0 atom stereocenters. The maximum atomic E-state index is 5.24. The van der Waals surface area contributed by atoms with Gasteiger partial charge in [0.1, 0.15) is 11.4 Å². The van der Waals surface area contributed by atoms with Crippen LogP contribution in [0.1, 0.15) is 5.56 Å². The summed E-state index contributed by atoms with van der Waals surface area (Å²) in [5, 5.41) is 16.1. The summed E-state index contributed by atoms with van der Waals surface area (Å²) in [5.74, 6) is 1.67. The molecule has 0 aliphatic rings. The van der Waals surface area contributed by atoms with Gasteiger partial charge in [0.15, 0.2) is 0 Å². The highest BCUT2D eigenvalue weighted by Crippen LogP contribution is 2.24. The molecule has 8 nitrogen and oxygen atoms in total. The monoisotopic (exact) mass is 281 g/mol. The van der Waals surface area contributed by atoms with Crippen molar-refractivity contribution in [2.24, 2.45) is 0 Å². The number of methoxy groups -OCH3 is 1. The molecule has 8 heteroatoms. The molecular formula is C13H11N7O. The molecule has 0 saturated carbocycles. The molecule has 0 radical (unpaired) electrons. The first kappa shape index (κ1) is 13.0. The minimum absolute atomic E-state index is 0.264. The van der Waals surface area contributed by atoms with Crippen molar-refractivity contribution in [1.29, 1.82) is 0 Å². The standard InChI is InChI=1S/C13H11N7O/c1-8-9(21-2)4-7-14-10(8)11-17-19-13(20-18-11)12-15-5-3-6-16-12/h3-7H,1-2H3. The first-order valence-corrected chi connectivity index (χ1v) is 6.14. The Morgan fingerprint density at radius 3 is 2.14 bits per heavy atom. The Morgan fingerprint density at radius 1 is 0.810 bits per heavy atom. The molecule has 0 fully saturated rings. The Labute approximate surface area is 120 Å². The Morgan fingerprint density at radius 2 is 1.48 bits per heavy atom. The zero-order chi connectivity index (χ0) is 14.7. The highest BCUT2D eigenvalue weighted by atomic mass is 16.5. The highest BCUT2D eigenvalue weighted by Gasteiger charge is 2.13. The van der Waals surface area contributed by atoms with Gasteiger partial charge in [0.05, 0.1) is 7.11 Å². The zero-order valence-electron chi connectivity index (χ0n) is 11.4. The minimum atomic E-state index is 0.264. The highest BCUT2D eigenvalue weighted by molar-refractivity contribution is 5.58. The molecule has 3 heterocycles. The van der Waals surface area contributed by atoms with Crippen LogP contribution in [0.3, 0.4) is 0 Å². The summed E-state index contributed by atoms with van der Waals surface area (Å²) >= 11 is 0. The van der Waals surface area contributed by atoms with E-state index in [2.05, 4.69) is 35.3 Å². The summed E-state index contributed by atoms with van der Waals surface area (Å²) in [6.07, 6.45) is 4.83. The quantitative estimate of drug-likeness (QED) is 0.703. The molecule has 0 unspecified atom stereocenters. The Balaban J connectivity index is 1.99. The average molecular weight is 281 g/mol. The number of rotatable bonds is 3. The number of hydrogen-bond donors (Lipinski definition) is 0. The van der Waals surface area contributed by atoms with E-state index in [4.69, 9.17) is 4.74 Å². The molecule has 0 aromatic carbocycles. The van der Waals surface area contributed by atoms with Crippen LogP contribution in [-0.2, 0) is 0 Å². The van der Waals surface area contributed by atoms with Crippen LogP contribution in [0.4, 0.5) is 0 Å². The van der Waals surface area contributed by atoms with E-state index in [1.165, 1.54) is 0 Å². The van der Waals surface area contributed by atoms with Crippen LogP contribution in [0.2, 0.25) is 0 Å². The summed E-state index contributed by atoms with van der Waals surface area (Å²) in [5.41, 5.74) is 1.40. The van der Waals surface area contributed by atoms with Gasteiger partial charge in [-0.2, -0.15) is 0 Å². The fourth-order valence-electron chi connectivity index (χ4n) is 1.79. The topological polar surface area (TPSA) is 99.5 Å². The summed E-state index contributed by atoms with van der Waals surface area (Å²) in [6, 6.07) is 3.48. The fourth-order valence-corrected chi connectivity index (χ4v) is 1.79. The molecule has 0 N–H and O–H groups in total. The molecule has 0 saturated heterocycles. The Hall–Kier alpha value is -3.03. The van der Waals surface area contributed by atoms with Crippen molar-refractivity contribution in [2.75, 3.05) is 7.11 Å². The number of hydrogen-bond acceptors (Lipinski definition) is 8. The average Bonchev–Trinajstić information content (AvgIpc) is 2.56. The lowest BCUT2D eigenvalue weighted by Crippen LogP contribution is -2.03. The summed E-state index contributed by atoms with van der Waals surface area (Å²) < 4.78 is 5.24. The predicted octanol–water partition coefficient (Wildman–Crippen LogP) is 1.10. The van der Waals surface area contributed by atoms with Gasteiger partial charge in [-0.3, -0.25) is 4.98 Å². The van der Waals surface area contributed by atoms with Crippen LogP contribution < -0.4 is 4.74 Å². The first-order valence-electron chi connectivity index (χ1n) is 6.14. The second-order valence-electron chi connectivity index (χ2n) is 4.11. The molecule has 0 aliphatic carbocycles. The third kappa shape index (κ3) is 2.50. The summed E-state index contributed by atoms with van der Waals surface area (Å²) in [6.45, 7) is 1.87. The maximum Gasteiger partial charge on any atom is 0.240 e. The van der Waals surface area contributed by atoms with Crippen LogP contribution in [0.25, 0.3) is 23.2 Å². The third-order valence-corrected chi connectivity index (χ3v) is 2.83. The van der Waals surface area contributed by atoms with Crippen molar-refractivity contribution in [2.45, 2.75) is 6.92 Å². The van der Waals surface area contributed by atoms with Crippen molar-refractivity contribution in [3.63, 3.8) is 0 Å². The van der Waals surface area contributed by atoms with E-state index >= 15 is 0 Å². The van der Waals surface area contributed by atoms with Crippen LogP contribution in [-0.4, -0.2) is 42.5 Å². The smallest absolute Gasteiger partial charge is 0.240 e. The van der Waals surface area contributed by atoms with Gasteiger partial charge in [-0.1, -0.05) is 0 Å². The van der Waals surface area contributed by atoms with E-state index in [0.29, 0.717) is 23.1 Å². The largest absolute Gasteiger partial charge is 0.496 e. The van der Waals surface area contributed by atoms with Gasteiger partial charge in [-0.15, -0.1) is 20.4 Å². The lowest BCUT2D eigenvalue weighted by molar-refractivity contribution is 0.411. The van der Waals surface area contributed by atoms with Gasteiger partial charge in [0, 0.05) is 24.2 Å². The maximum absolute atomic E-state index is 5.24. The van der Waals surface area contributed by atoms with Gasteiger partial charge < -0.3 is 4.74 Å². The molecule has 0 spiro atoms. The molecule has 0 amide bonds. The van der Waals surface area contributed by atoms with Gasteiger partial charge >= 0.3 is 0 Å². The molecule has 21 heavy (non-hydrogen) atoms. The zero-order valence-corrected chi connectivity index (χ0v) is 11.4. The molecule has 0 aliphatic heterocycles. The SMILES string of the molecule is COc1ccnc(-c2nnc(-c3ncccn3)nn2)c1C. The number of ether oxygens (including phenoxy) is 1. The van der Waals surface area contributed by atoms with Gasteiger partial charge in [0.2, 0.25) is 17.5 Å². The molecular weight excluding hydrogens is 270 g/mol. The van der Waals surface area contributed by atoms with Crippen molar-refractivity contribution < 1.29 is 4.74 Å². The van der Waals surface area contributed by atoms with E-state index in [0.717, 1.165) is 5.56 Å². The van der Waals surface area contributed by atoms with E-state index < -0.39 is 0 Å². The lowest BCUT2D eigenvalue weighted by atomic mass is 10.2. The van der Waals surface area contributed by atoms with E-state index in [1.54, 1.807) is 37.8 Å². The van der Waals surface area contributed by atoms with E-state index in [9.17, 15) is 0 Å². The number of pyridine rings is 1. The Kier molecular flexibility index (Phi) is 3.42. The lowest BCUT2D eigenvalue weighted by Gasteiger charge is -2.07. The van der Waals surface area contributed by atoms with Crippen LogP contribution in [0.5, 0.6) is 5.75 Å². The normalized spacial score (nSPS) is 10.4. The second kappa shape index (κ2) is 5.53. The third-order valence-electron chi connectivity index (χ3n) is 2.83.